The highest BCUT2D eigenvalue weighted by Crippen LogP contribution is 2.32. The van der Waals surface area contributed by atoms with Crippen LogP contribution >= 0.6 is 11.6 Å². The highest BCUT2D eigenvalue weighted by Gasteiger charge is 2.20. The van der Waals surface area contributed by atoms with Crippen LogP contribution in [0.2, 0.25) is 5.02 Å². The first-order chi connectivity index (χ1) is 12.0. The summed E-state index contributed by atoms with van der Waals surface area (Å²) in [6, 6.07) is 11.9. The Bertz CT molecular complexity index is 849. The summed E-state index contributed by atoms with van der Waals surface area (Å²) in [5.74, 6) is 0.439. The SMILES string of the molecule is COc1ccc(S(=O)(=O)Nc2ccccc2N2CCCCC2)cc1Cl. The maximum Gasteiger partial charge on any atom is 0.262 e. The number of sulfonamides is 1. The van der Waals surface area contributed by atoms with Crippen molar-refractivity contribution in [1.82, 2.24) is 0 Å². The van der Waals surface area contributed by atoms with Crippen LogP contribution in [0.15, 0.2) is 47.4 Å². The molecule has 1 fully saturated rings. The lowest BCUT2D eigenvalue weighted by molar-refractivity contribution is 0.414. The van der Waals surface area contributed by atoms with Crippen LogP contribution in [0.3, 0.4) is 0 Å². The Morgan fingerprint density at radius 3 is 2.48 bits per heavy atom. The number of hydrogen-bond acceptors (Lipinski definition) is 4. The van der Waals surface area contributed by atoms with Crippen molar-refractivity contribution >= 4 is 33.0 Å². The predicted octanol–water partition coefficient (Wildman–Crippen LogP) is 4.14. The molecule has 1 saturated heterocycles. The van der Waals surface area contributed by atoms with Crippen molar-refractivity contribution in [3.63, 3.8) is 0 Å². The highest BCUT2D eigenvalue weighted by atomic mass is 35.5. The average molecular weight is 381 g/mol. The van der Waals surface area contributed by atoms with Crippen molar-refractivity contribution in [2.24, 2.45) is 0 Å². The molecule has 2 aromatic rings. The van der Waals surface area contributed by atoms with Gasteiger partial charge in [0.2, 0.25) is 0 Å². The second kappa shape index (κ2) is 7.54. The summed E-state index contributed by atoms with van der Waals surface area (Å²) >= 11 is 6.07. The molecular formula is C18H21ClN2O3S. The first-order valence-corrected chi connectivity index (χ1v) is 10.1. The van der Waals surface area contributed by atoms with E-state index in [0.29, 0.717) is 11.4 Å². The fourth-order valence-electron chi connectivity index (χ4n) is 2.99. The minimum atomic E-state index is -3.74. The zero-order valence-corrected chi connectivity index (χ0v) is 15.6. The fraction of sp³-hybridized carbons (Fsp3) is 0.333. The molecule has 0 bridgehead atoms. The fourth-order valence-corrected chi connectivity index (χ4v) is 4.41. The number of ether oxygens (including phenoxy) is 1. The number of rotatable bonds is 5. The molecule has 7 heteroatoms. The number of para-hydroxylation sites is 2. The van der Waals surface area contributed by atoms with Crippen LogP contribution in [-0.4, -0.2) is 28.6 Å². The molecule has 0 amide bonds. The summed E-state index contributed by atoms with van der Waals surface area (Å²) in [7, 11) is -2.25. The van der Waals surface area contributed by atoms with Gasteiger partial charge < -0.3 is 9.64 Å². The van der Waals surface area contributed by atoms with Gasteiger partial charge in [-0.2, -0.15) is 0 Å². The lowest BCUT2D eigenvalue weighted by Gasteiger charge is -2.30. The van der Waals surface area contributed by atoms with Gasteiger partial charge in [0.1, 0.15) is 5.75 Å². The normalized spacial score (nSPS) is 15.0. The van der Waals surface area contributed by atoms with Crippen molar-refractivity contribution in [1.29, 1.82) is 0 Å². The molecule has 1 aliphatic heterocycles. The Hall–Kier alpha value is -1.92. The average Bonchev–Trinajstić information content (AvgIpc) is 2.62. The monoisotopic (exact) mass is 380 g/mol. The Morgan fingerprint density at radius 2 is 1.80 bits per heavy atom. The second-order valence-corrected chi connectivity index (χ2v) is 8.06. The van der Waals surface area contributed by atoms with Gasteiger partial charge in [-0.05, 0) is 49.6 Å². The molecule has 134 valence electrons. The smallest absolute Gasteiger partial charge is 0.262 e. The van der Waals surface area contributed by atoms with E-state index in [1.54, 1.807) is 12.1 Å². The molecule has 1 aliphatic rings. The molecule has 3 rings (SSSR count). The van der Waals surface area contributed by atoms with E-state index >= 15 is 0 Å². The van der Waals surface area contributed by atoms with Crippen molar-refractivity contribution in [3.05, 3.63) is 47.5 Å². The number of methoxy groups -OCH3 is 1. The van der Waals surface area contributed by atoms with Crippen LogP contribution in [0.5, 0.6) is 5.75 Å². The van der Waals surface area contributed by atoms with Crippen LogP contribution in [-0.2, 0) is 10.0 Å². The van der Waals surface area contributed by atoms with E-state index in [2.05, 4.69) is 9.62 Å². The third-order valence-electron chi connectivity index (χ3n) is 4.28. The van der Waals surface area contributed by atoms with Crippen LogP contribution in [0.4, 0.5) is 11.4 Å². The summed E-state index contributed by atoms with van der Waals surface area (Å²) in [4.78, 5) is 2.33. The largest absolute Gasteiger partial charge is 0.495 e. The summed E-state index contributed by atoms with van der Waals surface area (Å²) in [6.45, 7) is 1.88. The van der Waals surface area contributed by atoms with Gasteiger partial charge in [0.25, 0.3) is 10.0 Å². The minimum absolute atomic E-state index is 0.103. The minimum Gasteiger partial charge on any atom is -0.495 e. The Kier molecular flexibility index (Phi) is 5.39. The molecule has 5 nitrogen and oxygen atoms in total. The molecule has 0 spiro atoms. The van der Waals surface area contributed by atoms with Gasteiger partial charge in [0, 0.05) is 13.1 Å². The third-order valence-corrected chi connectivity index (χ3v) is 5.94. The number of halogens is 1. The zero-order valence-electron chi connectivity index (χ0n) is 14.0. The number of piperidine rings is 1. The van der Waals surface area contributed by atoms with E-state index in [4.69, 9.17) is 16.3 Å². The maximum atomic E-state index is 12.8. The van der Waals surface area contributed by atoms with Crippen LogP contribution in [0.1, 0.15) is 19.3 Å². The molecule has 2 aromatic carbocycles. The molecule has 1 heterocycles. The molecule has 0 saturated carbocycles. The predicted molar refractivity (Wildman–Crippen MR) is 101 cm³/mol. The lowest BCUT2D eigenvalue weighted by Crippen LogP contribution is -2.30. The quantitative estimate of drug-likeness (QED) is 0.846. The Morgan fingerprint density at radius 1 is 1.08 bits per heavy atom. The number of nitrogens with zero attached hydrogens (tertiary/aromatic N) is 1. The zero-order chi connectivity index (χ0) is 17.9. The molecule has 0 aromatic heterocycles. The van der Waals surface area contributed by atoms with Crippen molar-refractivity contribution in [3.8, 4) is 5.75 Å². The number of anilines is 2. The standard InChI is InChI=1S/C18H21ClN2O3S/c1-24-18-10-9-14(13-15(18)19)25(22,23)20-16-7-3-4-8-17(16)21-11-5-2-6-12-21/h3-4,7-10,13,20H,2,5-6,11-12H2,1H3. The summed E-state index contributed by atoms with van der Waals surface area (Å²) < 4.78 is 33.3. The number of nitrogens with one attached hydrogen (secondary N) is 1. The molecule has 0 unspecified atom stereocenters. The molecular weight excluding hydrogens is 360 g/mol. The Labute approximate surface area is 153 Å². The lowest BCUT2D eigenvalue weighted by atomic mass is 10.1. The summed E-state index contributed by atoms with van der Waals surface area (Å²) in [5.41, 5.74) is 1.49. The van der Waals surface area contributed by atoms with Gasteiger partial charge >= 0.3 is 0 Å². The first-order valence-electron chi connectivity index (χ1n) is 8.21. The van der Waals surface area contributed by atoms with E-state index in [1.807, 2.05) is 18.2 Å². The first kappa shape index (κ1) is 17.9. The van der Waals surface area contributed by atoms with E-state index in [1.165, 1.54) is 25.7 Å². The Balaban J connectivity index is 1.90. The van der Waals surface area contributed by atoms with Crippen molar-refractivity contribution in [2.75, 3.05) is 29.8 Å². The van der Waals surface area contributed by atoms with Crippen molar-refractivity contribution in [2.45, 2.75) is 24.2 Å². The number of benzene rings is 2. The second-order valence-electron chi connectivity index (χ2n) is 5.97. The molecule has 0 radical (unpaired) electrons. The third kappa shape index (κ3) is 4.02. The van der Waals surface area contributed by atoms with Crippen molar-refractivity contribution < 1.29 is 13.2 Å². The van der Waals surface area contributed by atoms with Gasteiger partial charge in [-0.1, -0.05) is 23.7 Å². The van der Waals surface area contributed by atoms with Gasteiger partial charge in [-0.25, -0.2) is 8.42 Å². The van der Waals surface area contributed by atoms with Crippen LogP contribution in [0.25, 0.3) is 0 Å². The van der Waals surface area contributed by atoms with Crippen LogP contribution < -0.4 is 14.4 Å². The maximum absolute atomic E-state index is 12.8. The molecule has 0 aliphatic carbocycles. The molecule has 0 atom stereocenters. The van der Waals surface area contributed by atoms with E-state index < -0.39 is 10.0 Å². The summed E-state index contributed by atoms with van der Waals surface area (Å²) in [5, 5.41) is 0.259. The molecule has 1 N–H and O–H groups in total. The van der Waals surface area contributed by atoms with Gasteiger partial charge in [0.15, 0.2) is 0 Å². The van der Waals surface area contributed by atoms with Crippen LogP contribution in [0, 0.1) is 0 Å². The molecule has 25 heavy (non-hydrogen) atoms. The number of hydrogen-bond donors (Lipinski definition) is 1. The highest BCUT2D eigenvalue weighted by molar-refractivity contribution is 7.92. The van der Waals surface area contributed by atoms with E-state index in [9.17, 15) is 8.42 Å². The topological polar surface area (TPSA) is 58.6 Å². The van der Waals surface area contributed by atoms with Gasteiger partial charge in [0.05, 0.1) is 28.4 Å². The van der Waals surface area contributed by atoms with E-state index in [-0.39, 0.29) is 9.92 Å². The van der Waals surface area contributed by atoms with Gasteiger partial charge in [-0.3, -0.25) is 4.72 Å². The van der Waals surface area contributed by atoms with E-state index in [0.717, 1.165) is 31.6 Å². The van der Waals surface area contributed by atoms with Gasteiger partial charge in [-0.15, -0.1) is 0 Å². The summed E-state index contributed by atoms with van der Waals surface area (Å²) in [6.07, 6.45) is 3.46.